The van der Waals surface area contributed by atoms with Crippen LogP contribution in [0.1, 0.15) is 81.7 Å². The van der Waals surface area contributed by atoms with Crippen LogP contribution in [0, 0.1) is 16.2 Å². The number of rotatable bonds is 11. The highest BCUT2D eigenvalue weighted by Gasteiger charge is 2.46. The maximum Gasteiger partial charge on any atom is 0.252 e. The van der Waals surface area contributed by atoms with Gasteiger partial charge >= 0.3 is 0 Å². The van der Waals surface area contributed by atoms with Gasteiger partial charge in [0.15, 0.2) is 0 Å². The molecule has 0 fully saturated rings. The molecule has 0 amide bonds. The second-order valence-corrected chi connectivity index (χ2v) is 30.7. The molecule has 0 radical (unpaired) electrons. The Morgan fingerprint density at radius 3 is 0.888 bits per heavy atom. The van der Waals surface area contributed by atoms with Gasteiger partial charge in [0.25, 0.3) is 6.71 Å². The first kappa shape index (κ1) is 58.5. The monoisotopic (exact) mass is 1270 g/mol. The van der Waals surface area contributed by atoms with Crippen molar-refractivity contribution in [3.63, 3.8) is 0 Å². The quantitative estimate of drug-likeness (QED) is 0.120. The van der Waals surface area contributed by atoms with E-state index in [1.54, 1.807) is 0 Å². The van der Waals surface area contributed by atoms with Gasteiger partial charge in [-0.05, 0) is 176 Å². The molecule has 0 saturated carbocycles. The summed E-state index contributed by atoms with van der Waals surface area (Å²) >= 11 is 0. The third-order valence-electron chi connectivity index (χ3n) is 19.8. The molecule has 98 heavy (non-hydrogen) atoms. The Kier molecular flexibility index (Phi) is 14.0. The van der Waals surface area contributed by atoms with Crippen molar-refractivity contribution in [2.75, 3.05) is 9.80 Å². The number of para-hydroxylation sites is 4. The van der Waals surface area contributed by atoms with Gasteiger partial charge in [0.1, 0.15) is 0 Å². The summed E-state index contributed by atoms with van der Waals surface area (Å²) in [6, 6.07) is 108. The minimum atomic E-state index is -1.87. The molecule has 0 atom stereocenters. The van der Waals surface area contributed by atoms with Gasteiger partial charge in [-0.25, -0.2) is 0 Å². The second-order valence-electron chi connectivity index (χ2n) is 30.7. The predicted molar refractivity (Wildman–Crippen MR) is 420 cm³/mol. The fraction of sp³-hybridized carbons (Fsp3) is 0.161. The topological polar surface area (TPSA) is 16.3 Å². The number of aromatic nitrogens is 2. The van der Waals surface area contributed by atoms with Gasteiger partial charge in [-0.3, -0.25) is 0 Å². The fourth-order valence-corrected chi connectivity index (χ4v) is 16.3. The van der Waals surface area contributed by atoms with Crippen molar-refractivity contribution in [3.05, 3.63) is 308 Å². The van der Waals surface area contributed by atoms with Crippen LogP contribution in [0.3, 0.4) is 0 Å². The van der Waals surface area contributed by atoms with E-state index in [0.717, 1.165) is 141 Å². The molecule has 13 aromatic carbocycles. The van der Waals surface area contributed by atoms with Gasteiger partial charge in [0, 0.05) is 80.7 Å². The zero-order valence-electron chi connectivity index (χ0n) is 59.5. The van der Waals surface area contributed by atoms with Gasteiger partial charge in [0.2, 0.25) is 0 Å². The molecule has 476 valence electrons. The Morgan fingerprint density at radius 2 is 0.592 bits per heavy atom. The summed E-state index contributed by atoms with van der Waals surface area (Å²) < 4.78 is 26.6. The van der Waals surface area contributed by atoms with Crippen LogP contribution in [0.2, 0.25) is 0 Å². The van der Waals surface area contributed by atoms with Crippen LogP contribution in [0.15, 0.2) is 291 Å². The summed E-state index contributed by atoms with van der Waals surface area (Å²) in [5.74, 6) is 0. The van der Waals surface area contributed by atoms with E-state index in [1.165, 1.54) is 32.7 Å². The van der Waals surface area contributed by atoms with E-state index in [9.17, 15) is 2.74 Å². The minimum Gasteiger partial charge on any atom is -0.310 e. The van der Waals surface area contributed by atoms with Crippen LogP contribution >= 0.6 is 0 Å². The zero-order valence-corrected chi connectivity index (χ0v) is 57.5. The molecule has 0 N–H and O–H groups in total. The standard InChI is InChI=1S/C93H81BN4/c1-91(2,3)58-61-50-74(64-30-14-10-15-31-64)89(75(51-61)65-32-16-11-17-33-65)97-84-56-68(95-80-42-26-22-38-70(80)71-39-23-27-43-81(71)95)46-48-78(84)94-79-49-47-69(96-82-44-28-24-40-72(82)73-41-25-29-45-83(73)96)57-85(79)98(87-55-63(60-93(7,8)9)54-86(97)88(87)94)90-76(66-34-18-12-19-35-66)52-62(59-92(4,5)6)53-77(90)67-36-20-13-21-37-67/h10-57H,58-60H2,1-9H3/i60D2. The number of nitrogens with zero attached hydrogens (tertiary/aromatic N) is 4. The molecule has 0 spiro atoms. The third-order valence-corrected chi connectivity index (χ3v) is 19.8. The highest BCUT2D eigenvalue weighted by Crippen LogP contribution is 2.55. The molecule has 0 aliphatic carbocycles. The lowest BCUT2D eigenvalue weighted by molar-refractivity contribution is 0.411. The molecule has 0 saturated heterocycles. The molecule has 2 aromatic heterocycles. The summed E-state index contributed by atoms with van der Waals surface area (Å²) in [5, 5.41) is 4.78. The molecule has 2 aliphatic heterocycles. The summed E-state index contributed by atoms with van der Waals surface area (Å²) in [7, 11) is 0. The lowest BCUT2D eigenvalue weighted by Gasteiger charge is -2.46. The van der Waals surface area contributed by atoms with Crippen molar-refractivity contribution < 1.29 is 2.74 Å². The Labute approximate surface area is 580 Å². The van der Waals surface area contributed by atoms with Crippen LogP contribution in [0.5, 0.6) is 0 Å². The van der Waals surface area contributed by atoms with E-state index < -0.39 is 11.8 Å². The molecule has 17 rings (SSSR count). The van der Waals surface area contributed by atoms with Gasteiger partial charge in [-0.1, -0.05) is 269 Å². The van der Waals surface area contributed by atoms with Crippen molar-refractivity contribution in [2.45, 2.75) is 81.5 Å². The highest BCUT2D eigenvalue weighted by atomic mass is 15.2. The Morgan fingerprint density at radius 1 is 0.296 bits per heavy atom. The normalized spacial score (nSPS) is 13.5. The number of hydrogen-bond acceptors (Lipinski definition) is 2. The van der Waals surface area contributed by atoms with Crippen molar-refractivity contribution in [1.29, 1.82) is 0 Å². The van der Waals surface area contributed by atoms with Gasteiger partial charge in [0.05, 0.1) is 33.4 Å². The summed E-state index contributed by atoms with van der Waals surface area (Å²) in [6.45, 7) is 19.8. The van der Waals surface area contributed by atoms with Crippen molar-refractivity contribution in [2.24, 2.45) is 16.2 Å². The Hall–Kier alpha value is -10.9. The number of anilines is 6. The Bertz CT molecular complexity index is 5150. The summed E-state index contributed by atoms with van der Waals surface area (Å²) in [5.41, 5.74) is 27.0. The van der Waals surface area contributed by atoms with Gasteiger partial charge in [-0.15, -0.1) is 0 Å². The maximum atomic E-state index is 10.8. The predicted octanol–water partition coefficient (Wildman–Crippen LogP) is 23.4. The average Bonchev–Trinajstić information content (AvgIpc) is 0.755. The first-order valence-corrected chi connectivity index (χ1v) is 34.9. The molecule has 0 unspecified atom stereocenters. The third kappa shape index (κ3) is 10.6. The summed E-state index contributed by atoms with van der Waals surface area (Å²) in [4.78, 5) is 5.18. The van der Waals surface area contributed by atoms with E-state index in [1.807, 2.05) is 0 Å². The first-order valence-electron chi connectivity index (χ1n) is 35.9. The molecule has 15 aromatic rings. The Balaban J connectivity index is 1.08. The van der Waals surface area contributed by atoms with Crippen LogP contribution < -0.4 is 26.2 Å². The van der Waals surface area contributed by atoms with Gasteiger partial charge < -0.3 is 18.9 Å². The van der Waals surface area contributed by atoms with Crippen molar-refractivity contribution in [1.82, 2.24) is 9.13 Å². The van der Waals surface area contributed by atoms with Crippen LogP contribution in [0.4, 0.5) is 34.1 Å². The molecule has 4 nitrogen and oxygen atoms in total. The van der Waals surface area contributed by atoms with Crippen LogP contribution in [-0.4, -0.2) is 15.8 Å². The van der Waals surface area contributed by atoms with E-state index in [-0.39, 0.29) is 17.5 Å². The molecule has 5 heteroatoms. The molecule has 4 heterocycles. The maximum absolute atomic E-state index is 10.8. The van der Waals surface area contributed by atoms with E-state index in [0.29, 0.717) is 5.56 Å². The SMILES string of the molecule is [2H]C([2H])(c1cc2c3c(c1)N(c1c(-c4ccccc4)cc(CC(C)(C)C)cc1-c1ccccc1)c1cc(-n4c5ccccc5c5ccccc54)ccc1B3c1ccc(-n3c4ccccc4c4ccccc43)cc1N2c1c(-c2ccccc2)cc(CC(C)(C)C)cc1-c1ccccc1)C(C)(C)C. The minimum absolute atomic E-state index is 0.0298. The fourth-order valence-electron chi connectivity index (χ4n) is 16.3. The zero-order chi connectivity index (χ0) is 68.6. The molecular weight excluding hydrogens is 1180 g/mol. The average molecular weight is 1270 g/mol. The van der Waals surface area contributed by atoms with E-state index >= 15 is 0 Å². The van der Waals surface area contributed by atoms with Crippen molar-refractivity contribution >= 4 is 101 Å². The van der Waals surface area contributed by atoms with Gasteiger partial charge in [-0.2, -0.15) is 0 Å². The van der Waals surface area contributed by atoms with Crippen molar-refractivity contribution in [3.8, 4) is 55.9 Å². The molecule has 0 bridgehead atoms. The summed E-state index contributed by atoms with van der Waals surface area (Å²) in [6.07, 6.45) is -0.168. The van der Waals surface area contributed by atoms with Crippen LogP contribution in [0.25, 0.3) is 99.5 Å². The molecular formula is C93H81BN4. The smallest absolute Gasteiger partial charge is 0.252 e. The highest BCUT2D eigenvalue weighted by molar-refractivity contribution is 7.00. The number of benzene rings is 13. The van der Waals surface area contributed by atoms with E-state index in [4.69, 9.17) is 0 Å². The lowest BCUT2D eigenvalue weighted by atomic mass is 9.33. The largest absolute Gasteiger partial charge is 0.310 e. The van der Waals surface area contributed by atoms with E-state index in [2.05, 4.69) is 372 Å². The molecule has 2 aliphatic rings. The lowest BCUT2D eigenvalue weighted by Crippen LogP contribution is -2.61. The second kappa shape index (κ2) is 23.5. The first-order chi connectivity index (χ1) is 48.3. The number of hydrogen-bond donors (Lipinski definition) is 0. The van der Waals surface area contributed by atoms with Crippen LogP contribution in [-0.2, 0) is 19.2 Å². The number of fused-ring (bicyclic) bond motifs is 10.